The quantitative estimate of drug-likeness (QED) is 0.175. The van der Waals surface area contributed by atoms with E-state index in [4.69, 9.17) is 10.2 Å². The summed E-state index contributed by atoms with van der Waals surface area (Å²) >= 11 is 0. The molecule has 0 fully saturated rings. The minimum Gasteiger partial charge on any atom is -0.481 e. The molecule has 158 valence electrons. The fraction of sp³-hybridized carbons (Fsp3) is 0.909. The molecule has 0 heterocycles. The first kappa shape index (κ1) is 31.3. The molecule has 0 bridgehead atoms. The van der Waals surface area contributed by atoms with Gasteiger partial charge < -0.3 is 10.2 Å². The molecule has 0 aromatic carbocycles. The van der Waals surface area contributed by atoms with Crippen molar-refractivity contribution in [1.82, 2.24) is 0 Å². The number of hydrogen-bond acceptors (Lipinski definition) is 2. The Balaban J connectivity index is -0.000000411. The van der Waals surface area contributed by atoms with Gasteiger partial charge in [0.1, 0.15) is 0 Å². The van der Waals surface area contributed by atoms with Crippen LogP contribution < -0.4 is 0 Å². The maximum absolute atomic E-state index is 10.2. The van der Waals surface area contributed by atoms with Crippen molar-refractivity contribution >= 4 is 11.9 Å². The third-order valence-corrected chi connectivity index (χ3v) is 4.49. The maximum atomic E-state index is 10.2. The second kappa shape index (κ2) is 27.8. The Bertz CT molecular complexity index is 279. The third-order valence-electron chi connectivity index (χ3n) is 4.49. The van der Waals surface area contributed by atoms with Gasteiger partial charge in [0.2, 0.25) is 0 Å². The predicted molar refractivity (Wildman–Crippen MR) is 110 cm³/mol. The van der Waals surface area contributed by atoms with Crippen molar-refractivity contribution in [2.75, 3.05) is 0 Å². The van der Waals surface area contributed by atoms with Crippen molar-refractivity contribution in [3.63, 3.8) is 0 Å². The molecule has 0 amide bonds. The van der Waals surface area contributed by atoms with Gasteiger partial charge in [0.25, 0.3) is 0 Å². The van der Waals surface area contributed by atoms with Gasteiger partial charge in [0.15, 0.2) is 0 Å². The third kappa shape index (κ3) is 37.1. The topological polar surface area (TPSA) is 74.6 Å². The van der Waals surface area contributed by atoms with Gasteiger partial charge in [-0.05, 0) is 12.8 Å². The first-order valence-corrected chi connectivity index (χ1v) is 11.0. The van der Waals surface area contributed by atoms with Gasteiger partial charge >= 0.3 is 11.9 Å². The number of carboxylic acids is 2. The number of carbonyl (C=O) groups is 2. The number of rotatable bonds is 18. The fourth-order valence-electron chi connectivity index (χ4n) is 2.82. The molecule has 0 aliphatic heterocycles. The summed E-state index contributed by atoms with van der Waals surface area (Å²) in [6, 6.07) is 0. The van der Waals surface area contributed by atoms with Crippen molar-refractivity contribution in [2.45, 2.75) is 129 Å². The smallest absolute Gasteiger partial charge is 0.303 e. The Labute approximate surface area is 180 Å². The second-order valence-corrected chi connectivity index (χ2v) is 7.24. The molecule has 0 atom stereocenters. The molecule has 0 radical (unpaired) electrons. The van der Waals surface area contributed by atoms with Gasteiger partial charge in [-0.3, -0.25) is 9.59 Å². The molecular formula is C22H44O4Zn. The van der Waals surface area contributed by atoms with Gasteiger partial charge in [-0.2, -0.15) is 0 Å². The molecule has 0 unspecified atom stereocenters. The van der Waals surface area contributed by atoms with Crippen LogP contribution in [0.25, 0.3) is 0 Å². The first-order chi connectivity index (χ1) is 12.5. The zero-order chi connectivity index (χ0) is 19.9. The van der Waals surface area contributed by atoms with Gasteiger partial charge in [-0.25, -0.2) is 0 Å². The van der Waals surface area contributed by atoms with E-state index in [-0.39, 0.29) is 19.5 Å². The molecule has 0 aliphatic carbocycles. The van der Waals surface area contributed by atoms with Gasteiger partial charge in [-0.1, -0.05) is 104 Å². The summed E-state index contributed by atoms with van der Waals surface area (Å²) in [7, 11) is 0. The van der Waals surface area contributed by atoms with Crippen LogP contribution in [0.2, 0.25) is 0 Å². The Morgan fingerprint density at radius 3 is 0.926 bits per heavy atom. The monoisotopic (exact) mass is 436 g/mol. The molecular weight excluding hydrogens is 394 g/mol. The Morgan fingerprint density at radius 2 is 0.704 bits per heavy atom. The van der Waals surface area contributed by atoms with E-state index in [1.807, 2.05) is 0 Å². The number of unbranched alkanes of at least 4 members (excludes halogenated alkanes) is 14. The largest absolute Gasteiger partial charge is 0.481 e. The van der Waals surface area contributed by atoms with E-state index in [1.54, 1.807) is 0 Å². The second-order valence-electron chi connectivity index (χ2n) is 7.24. The van der Waals surface area contributed by atoms with Crippen molar-refractivity contribution in [3.8, 4) is 0 Å². The van der Waals surface area contributed by atoms with Crippen LogP contribution in [0, 0.1) is 0 Å². The number of aliphatic carboxylic acids is 2. The minimum atomic E-state index is -0.661. The average molecular weight is 438 g/mol. The van der Waals surface area contributed by atoms with E-state index in [9.17, 15) is 9.59 Å². The summed E-state index contributed by atoms with van der Waals surface area (Å²) in [5, 5.41) is 16.8. The van der Waals surface area contributed by atoms with Crippen LogP contribution in [0.4, 0.5) is 0 Å². The van der Waals surface area contributed by atoms with Crippen LogP contribution in [-0.2, 0) is 29.1 Å². The molecule has 0 aliphatic rings. The van der Waals surface area contributed by atoms with Crippen molar-refractivity contribution in [2.24, 2.45) is 0 Å². The van der Waals surface area contributed by atoms with E-state index >= 15 is 0 Å². The maximum Gasteiger partial charge on any atom is 0.303 e. The Hall–Kier alpha value is -0.437. The van der Waals surface area contributed by atoms with Crippen LogP contribution in [-0.4, -0.2) is 22.2 Å². The van der Waals surface area contributed by atoms with Gasteiger partial charge in [0, 0.05) is 32.3 Å². The number of carboxylic acid groups (broad SMARTS) is 2. The van der Waals surface area contributed by atoms with E-state index in [0.29, 0.717) is 12.8 Å². The molecule has 5 heteroatoms. The molecule has 0 rings (SSSR count). The summed E-state index contributed by atoms with van der Waals surface area (Å²) in [5.41, 5.74) is 0. The molecule has 0 aromatic rings. The summed E-state index contributed by atoms with van der Waals surface area (Å²) < 4.78 is 0. The minimum absolute atomic E-state index is 0. The van der Waals surface area contributed by atoms with E-state index < -0.39 is 11.9 Å². The molecule has 0 spiro atoms. The van der Waals surface area contributed by atoms with E-state index in [0.717, 1.165) is 25.7 Å². The van der Waals surface area contributed by atoms with Gasteiger partial charge in [-0.15, -0.1) is 0 Å². The molecule has 0 aromatic heterocycles. The van der Waals surface area contributed by atoms with Crippen LogP contribution >= 0.6 is 0 Å². The summed E-state index contributed by atoms with van der Waals surface area (Å²) in [5.74, 6) is -1.32. The van der Waals surface area contributed by atoms with Crippen LogP contribution in [0.15, 0.2) is 0 Å². The molecule has 2 N–H and O–H groups in total. The van der Waals surface area contributed by atoms with Gasteiger partial charge in [0.05, 0.1) is 0 Å². The average Bonchev–Trinajstić information content (AvgIpc) is 2.60. The zero-order valence-corrected chi connectivity index (χ0v) is 21.1. The Kier molecular flexibility index (Phi) is 32.2. The molecule has 4 nitrogen and oxygen atoms in total. The summed E-state index contributed by atoms with van der Waals surface area (Å²) in [4.78, 5) is 20.3. The standard InChI is InChI=1S/2C11H22O2.Zn/c2*1-2-3-4-5-6-7-8-9-10-11(12)13;/h2*2-10H2,1H3,(H,12,13);. The normalized spacial score (nSPS) is 9.85. The summed E-state index contributed by atoms with van der Waals surface area (Å²) in [6.45, 7) is 4.43. The first-order valence-electron chi connectivity index (χ1n) is 11.0. The SMILES string of the molecule is CCCCCCCCCCC(=O)O.CCCCCCCCCCC(=O)O.[Zn]. The fourth-order valence-corrected chi connectivity index (χ4v) is 2.82. The molecule has 0 saturated heterocycles. The zero-order valence-electron chi connectivity index (χ0n) is 18.1. The van der Waals surface area contributed by atoms with Crippen molar-refractivity contribution in [3.05, 3.63) is 0 Å². The Morgan fingerprint density at radius 1 is 0.481 bits per heavy atom. The summed E-state index contributed by atoms with van der Waals surface area (Å²) in [6.07, 6.45) is 20.1. The predicted octanol–water partition coefficient (Wildman–Crippen LogP) is 7.20. The van der Waals surface area contributed by atoms with Crippen LogP contribution in [0.5, 0.6) is 0 Å². The van der Waals surface area contributed by atoms with Crippen molar-refractivity contribution in [1.29, 1.82) is 0 Å². The molecule has 27 heavy (non-hydrogen) atoms. The van der Waals surface area contributed by atoms with E-state index in [2.05, 4.69) is 13.8 Å². The van der Waals surface area contributed by atoms with E-state index in [1.165, 1.54) is 77.0 Å². The van der Waals surface area contributed by atoms with Crippen LogP contribution in [0.1, 0.15) is 129 Å². The van der Waals surface area contributed by atoms with Crippen molar-refractivity contribution < 1.29 is 39.3 Å². The van der Waals surface area contributed by atoms with Crippen LogP contribution in [0.3, 0.4) is 0 Å². The number of hydrogen-bond donors (Lipinski definition) is 2. The molecule has 0 saturated carbocycles.